The zero-order valence-corrected chi connectivity index (χ0v) is 15.7. The first-order valence-corrected chi connectivity index (χ1v) is 9.49. The number of fused-ring (bicyclic) bond motifs is 1. The lowest BCUT2D eigenvalue weighted by Crippen LogP contribution is -2.14. The minimum atomic E-state index is -0.238. The van der Waals surface area contributed by atoms with Crippen molar-refractivity contribution in [2.45, 2.75) is 0 Å². The first-order chi connectivity index (χ1) is 12.7. The summed E-state index contributed by atoms with van der Waals surface area (Å²) in [5.41, 5.74) is 1.93. The van der Waals surface area contributed by atoms with E-state index in [-0.39, 0.29) is 5.91 Å². The summed E-state index contributed by atoms with van der Waals surface area (Å²) in [6, 6.07) is 9.25. The molecule has 0 bridgehead atoms. The number of benzene rings is 1. The summed E-state index contributed by atoms with van der Waals surface area (Å²) in [4.78, 5) is 19.2. The maximum absolute atomic E-state index is 12.8. The number of aromatic nitrogens is 2. The number of rotatable bonds is 5. The van der Waals surface area contributed by atoms with Crippen molar-refractivity contribution in [2.24, 2.45) is 0 Å². The molecule has 0 saturated carbocycles. The van der Waals surface area contributed by atoms with Gasteiger partial charge in [0.25, 0.3) is 5.91 Å². The van der Waals surface area contributed by atoms with E-state index in [4.69, 9.17) is 9.47 Å². The normalized spacial score (nSPS) is 10.8. The number of amides is 1. The standard InChI is InChI=1S/C18H15N3O3S2/c1-23-11-5-6-15(24-2)12(8-11)19-17(22)14-10-26-18-20-13(9-21(14)18)16-4-3-7-25-16/h3-10H,1-2H3,(H,19,22). The summed E-state index contributed by atoms with van der Waals surface area (Å²) >= 11 is 3.05. The predicted molar refractivity (Wildman–Crippen MR) is 104 cm³/mol. The monoisotopic (exact) mass is 385 g/mol. The number of hydrogen-bond donors (Lipinski definition) is 1. The topological polar surface area (TPSA) is 64.9 Å². The molecule has 0 fully saturated rings. The van der Waals surface area contributed by atoms with Gasteiger partial charge in [0.05, 0.1) is 24.8 Å². The fourth-order valence-corrected chi connectivity index (χ4v) is 4.12. The molecule has 0 radical (unpaired) electrons. The molecule has 6 nitrogen and oxygen atoms in total. The van der Waals surface area contributed by atoms with Gasteiger partial charge in [-0.3, -0.25) is 9.20 Å². The van der Waals surface area contributed by atoms with Crippen molar-refractivity contribution in [3.63, 3.8) is 0 Å². The van der Waals surface area contributed by atoms with Crippen LogP contribution in [0.4, 0.5) is 5.69 Å². The van der Waals surface area contributed by atoms with Gasteiger partial charge in [-0.05, 0) is 23.6 Å². The van der Waals surface area contributed by atoms with Gasteiger partial charge in [0.1, 0.15) is 22.9 Å². The van der Waals surface area contributed by atoms with Crippen LogP contribution >= 0.6 is 22.7 Å². The van der Waals surface area contributed by atoms with Crippen molar-refractivity contribution in [1.29, 1.82) is 0 Å². The molecule has 0 aliphatic heterocycles. The lowest BCUT2D eigenvalue weighted by atomic mass is 10.2. The van der Waals surface area contributed by atoms with Crippen LogP contribution in [0.5, 0.6) is 11.5 Å². The number of methoxy groups -OCH3 is 2. The number of imidazole rings is 1. The third-order valence-corrected chi connectivity index (χ3v) is 5.60. The highest BCUT2D eigenvalue weighted by atomic mass is 32.1. The highest BCUT2D eigenvalue weighted by Crippen LogP contribution is 2.30. The Labute approximate surface area is 157 Å². The number of thiazole rings is 1. The molecule has 4 aromatic rings. The van der Waals surface area contributed by atoms with Crippen LogP contribution in [-0.4, -0.2) is 29.5 Å². The van der Waals surface area contributed by atoms with Gasteiger partial charge in [-0.25, -0.2) is 4.98 Å². The first kappa shape index (κ1) is 16.6. The van der Waals surface area contributed by atoms with Crippen molar-refractivity contribution >= 4 is 39.2 Å². The van der Waals surface area contributed by atoms with Gasteiger partial charge in [0, 0.05) is 17.6 Å². The largest absolute Gasteiger partial charge is 0.497 e. The molecule has 4 rings (SSSR count). The number of nitrogens with one attached hydrogen (secondary N) is 1. The summed E-state index contributed by atoms with van der Waals surface area (Å²) in [6.07, 6.45) is 1.88. The highest BCUT2D eigenvalue weighted by Gasteiger charge is 2.17. The van der Waals surface area contributed by atoms with E-state index in [0.29, 0.717) is 22.9 Å². The molecule has 0 spiro atoms. The van der Waals surface area contributed by atoms with Gasteiger partial charge in [-0.2, -0.15) is 0 Å². The van der Waals surface area contributed by atoms with E-state index < -0.39 is 0 Å². The highest BCUT2D eigenvalue weighted by molar-refractivity contribution is 7.15. The molecule has 8 heteroatoms. The average Bonchev–Trinajstić information content (AvgIpc) is 3.37. The lowest BCUT2D eigenvalue weighted by molar-refractivity contribution is 0.102. The third-order valence-electron chi connectivity index (χ3n) is 3.87. The second-order valence-corrected chi connectivity index (χ2v) is 7.18. The summed E-state index contributed by atoms with van der Waals surface area (Å²) in [7, 11) is 3.14. The van der Waals surface area contributed by atoms with Crippen molar-refractivity contribution in [3.05, 3.63) is 53.0 Å². The van der Waals surface area contributed by atoms with Crippen molar-refractivity contribution in [3.8, 4) is 22.1 Å². The number of ether oxygens (including phenoxy) is 2. The van der Waals surface area contributed by atoms with Crippen LogP contribution < -0.4 is 14.8 Å². The molecule has 26 heavy (non-hydrogen) atoms. The smallest absolute Gasteiger partial charge is 0.273 e. The van der Waals surface area contributed by atoms with Crippen LogP contribution in [-0.2, 0) is 0 Å². The lowest BCUT2D eigenvalue weighted by Gasteiger charge is -2.11. The fourth-order valence-electron chi connectivity index (χ4n) is 2.59. The Morgan fingerprint density at radius 2 is 2.08 bits per heavy atom. The predicted octanol–water partition coefficient (Wildman–Crippen LogP) is 4.39. The Morgan fingerprint density at radius 3 is 2.81 bits per heavy atom. The van der Waals surface area contributed by atoms with E-state index in [1.165, 1.54) is 11.3 Å². The second-order valence-electron chi connectivity index (χ2n) is 5.40. The van der Waals surface area contributed by atoms with Gasteiger partial charge in [0.15, 0.2) is 4.96 Å². The molecule has 0 unspecified atom stereocenters. The number of carbonyl (C=O) groups excluding carboxylic acids is 1. The maximum atomic E-state index is 12.8. The first-order valence-electron chi connectivity index (χ1n) is 7.73. The molecule has 132 valence electrons. The zero-order chi connectivity index (χ0) is 18.1. The van der Waals surface area contributed by atoms with Crippen LogP contribution in [0.1, 0.15) is 10.5 Å². The van der Waals surface area contributed by atoms with Crippen LogP contribution in [0.3, 0.4) is 0 Å². The molecular formula is C18H15N3O3S2. The van der Waals surface area contributed by atoms with E-state index >= 15 is 0 Å². The minimum absolute atomic E-state index is 0.238. The van der Waals surface area contributed by atoms with Gasteiger partial charge >= 0.3 is 0 Å². The van der Waals surface area contributed by atoms with Crippen LogP contribution in [0, 0.1) is 0 Å². The molecular weight excluding hydrogens is 370 g/mol. The maximum Gasteiger partial charge on any atom is 0.273 e. The Balaban J connectivity index is 1.67. The summed E-state index contributed by atoms with van der Waals surface area (Å²) < 4.78 is 12.3. The van der Waals surface area contributed by atoms with Crippen molar-refractivity contribution in [2.75, 3.05) is 19.5 Å². The van der Waals surface area contributed by atoms with Gasteiger partial charge in [-0.15, -0.1) is 22.7 Å². The van der Waals surface area contributed by atoms with Gasteiger partial charge in [-0.1, -0.05) is 6.07 Å². The second kappa shape index (κ2) is 6.81. The van der Waals surface area contributed by atoms with Crippen LogP contribution in [0.15, 0.2) is 47.3 Å². The molecule has 3 heterocycles. The van der Waals surface area contributed by atoms with Crippen LogP contribution in [0.2, 0.25) is 0 Å². The molecule has 1 amide bonds. The molecule has 0 saturated heterocycles. The number of nitrogens with zero attached hydrogens (tertiary/aromatic N) is 2. The fraction of sp³-hybridized carbons (Fsp3) is 0.111. The molecule has 0 aliphatic carbocycles. The summed E-state index contributed by atoms with van der Waals surface area (Å²) in [6.45, 7) is 0. The van der Waals surface area contributed by atoms with E-state index in [0.717, 1.165) is 15.5 Å². The average molecular weight is 385 g/mol. The molecule has 0 aliphatic rings. The minimum Gasteiger partial charge on any atom is -0.497 e. The quantitative estimate of drug-likeness (QED) is 0.553. The summed E-state index contributed by atoms with van der Waals surface area (Å²) in [5, 5.41) is 6.69. The number of anilines is 1. The SMILES string of the molecule is COc1ccc(OC)c(NC(=O)c2csc3nc(-c4cccs4)cn23)c1. The van der Waals surface area contributed by atoms with Gasteiger partial charge < -0.3 is 14.8 Å². The van der Waals surface area contributed by atoms with Crippen molar-refractivity contribution < 1.29 is 14.3 Å². The van der Waals surface area contributed by atoms with E-state index in [1.807, 2.05) is 28.1 Å². The Bertz CT molecular complexity index is 1070. The molecule has 3 aromatic heterocycles. The van der Waals surface area contributed by atoms with Crippen molar-refractivity contribution in [1.82, 2.24) is 9.38 Å². The Hall–Kier alpha value is -2.84. The Kier molecular flexibility index (Phi) is 4.36. The van der Waals surface area contributed by atoms with E-state index in [9.17, 15) is 4.79 Å². The molecule has 1 N–H and O–H groups in total. The zero-order valence-electron chi connectivity index (χ0n) is 14.1. The Morgan fingerprint density at radius 1 is 1.19 bits per heavy atom. The van der Waals surface area contributed by atoms with E-state index in [2.05, 4.69) is 10.3 Å². The molecule has 0 atom stereocenters. The van der Waals surface area contributed by atoms with E-state index in [1.54, 1.807) is 49.1 Å². The molecule has 1 aromatic carbocycles. The number of thiophene rings is 1. The number of carbonyl (C=O) groups is 1. The number of hydrogen-bond acceptors (Lipinski definition) is 6. The van der Waals surface area contributed by atoms with Gasteiger partial charge in [0.2, 0.25) is 0 Å². The van der Waals surface area contributed by atoms with Crippen LogP contribution in [0.25, 0.3) is 15.5 Å². The summed E-state index contributed by atoms with van der Waals surface area (Å²) in [5.74, 6) is 0.965. The third kappa shape index (κ3) is 2.93.